The summed E-state index contributed by atoms with van der Waals surface area (Å²) in [6, 6.07) is 8.99. The first-order chi connectivity index (χ1) is 24.1. The molecule has 1 N–H and O–H groups in total. The smallest absolute Gasteiger partial charge is 0.193 e. The maximum absolute atomic E-state index is 10.1. The van der Waals surface area contributed by atoms with Crippen molar-refractivity contribution in [1.82, 2.24) is 29.1 Å². The van der Waals surface area contributed by atoms with Gasteiger partial charge in [0.1, 0.15) is 45.2 Å². The number of nitriles is 2. The van der Waals surface area contributed by atoms with E-state index in [2.05, 4.69) is 77.0 Å². The minimum Gasteiger partial charge on any atom is -0.407 e. The number of aliphatic hydroxyl groups excluding tert-OH is 1. The van der Waals surface area contributed by atoms with Crippen LogP contribution in [0.1, 0.15) is 135 Å². The summed E-state index contributed by atoms with van der Waals surface area (Å²) < 4.78 is 11.2. The van der Waals surface area contributed by atoms with Crippen LogP contribution in [0.2, 0.25) is 28.4 Å². The highest BCUT2D eigenvalue weighted by atomic mass is 35.5. The van der Waals surface area contributed by atoms with Gasteiger partial charge in [-0.3, -0.25) is 0 Å². The van der Waals surface area contributed by atoms with Crippen molar-refractivity contribution in [1.29, 1.82) is 10.5 Å². The number of fused-ring (bicyclic) bond motifs is 2. The predicted molar refractivity (Wildman–Crippen MR) is 205 cm³/mol. The van der Waals surface area contributed by atoms with E-state index in [1.807, 2.05) is 12.1 Å². The molecule has 6 rings (SSSR count). The van der Waals surface area contributed by atoms with Gasteiger partial charge in [-0.05, 0) is 95.2 Å². The summed E-state index contributed by atoms with van der Waals surface area (Å²) in [7, 11) is -1.94. The molecule has 0 bridgehead atoms. The molecule has 51 heavy (non-hydrogen) atoms. The van der Waals surface area contributed by atoms with Crippen molar-refractivity contribution in [3.63, 3.8) is 0 Å². The molecule has 0 amide bonds. The number of aromatic nitrogens is 6. The highest BCUT2D eigenvalue weighted by Gasteiger charge is 2.40. The summed E-state index contributed by atoms with van der Waals surface area (Å²) in [5.41, 5.74) is 3.60. The highest BCUT2D eigenvalue weighted by molar-refractivity contribution is 6.74. The maximum atomic E-state index is 10.1. The van der Waals surface area contributed by atoms with E-state index >= 15 is 0 Å². The average molecular weight is 752 g/mol. The van der Waals surface area contributed by atoms with Gasteiger partial charge in [0.15, 0.2) is 8.32 Å². The van der Waals surface area contributed by atoms with Crippen LogP contribution in [0.15, 0.2) is 24.5 Å². The van der Waals surface area contributed by atoms with E-state index in [-0.39, 0.29) is 11.1 Å². The van der Waals surface area contributed by atoms with Crippen molar-refractivity contribution < 1.29 is 9.53 Å². The van der Waals surface area contributed by atoms with Gasteiger partial charge in [-0.2, -0.15) is 10.5 Å². The molecule has 0 aromatic carbocycles. The lowest BCUT2D eigenvalue weighted by atomic mass is 9.84. The van der Waals surface area contributed by atoms with Crippen molar-refractivity contribution in [3.8, 4) is 12.1 Å². The van der Waals surface area contributed by atoms with Crippen molar-refractivity contribution in [2.75, 3.05) is 0 Å². The second-order valence-electron chi connectivity index (χ2n) is 15.9. The number of rotatable bonds is 8. The van der Waals surface area contributed by atoms with Crippen LogP contribution in [0.3, 0.4) is 0 Å². The summed E-state index contributed by atoms with van der Waals surface area (Å²) in [5.74, 6) is 2.65. The summed E-state index contributed by atoms with van der Waals surface area (Å²) in [6.45, 7) is 15.2. The number of hydrogen-bond donors (Lipinski definition) is 1. The van der Waals surface area contributed by atoms with E-state index in [0.29, 0.717) is 52.9 Å². The molecular weight excluding hydrogens is 699 g/mol. The average Bonchev–Trinajstić information content (AvgIpc) is 3.64. The van der Waals surface area contributed by atoms with Crippen molar-refractivity contribution in [2.45, 2.75) is 141 Å². The van der Waals surface area contributed by atoms with Crippen LogP contribution in [0, 0.1) is 34.5 Å². The van der Waals surface area contributed by atoms with Crippen LogP contribution < -0.4 is 0 Å². The van der Waals surface area contributed by atoms with Gasteiger partial charge in [-0.1, -0.05) is 44.0 Å². The molecule has 0 saturated heterocycles. The Bertz CT molecular complexity index is 1890. The molecule has 4 aromatic rings. The van der Waals surface area contributed by atoms with E-state index in [0.717, 1.165) is 79.3 Å². The Balaban J connectivity index is 0.000000205. The quantitative estimate of drug-likeness (QED) is 0.139. The molecular formula is C38H52Cl2N8O2Si. The van der Waals surface area contributed by atoms with Crippen LogP contribution >= 0.6 is 23.2 Å². The lowest BCUT2D eigenvalue weighted by Gasteiger charge is -2.39. The Labute approximate surface area is 313 Å². The second kappa shape index (κ2) is 16.3. The molecule has 2 saturated carbocycles. The van der Waals surface area contributed by atoms with Gasteiger partial charge in [0, 0.05) is 37.1 Å². The standard InChI is InChI=1S/C22H33ClN4OSi.C16H19ClN4O/c1-15(28-29(5,6)22(2,3)4)21-26-18-14-25-20(23)13-19(18)27(21)17-9-7-16(8-10-17)11-12-24;1-10(22)16-20-13-9-19-15(17)8-14(13)21(16)12-4-2-11(3-5-12)6-7-18/h13-17H,7-11H2,1-6H3;8-12,22H,2-6H2,1H3/t15-,16?,17?;10-,11?,12?/m11/s1. The Hall–Kier alpha value is -3.06. The molecule has 10 nitrogen and oxygen atoms in total. The number of hydrogen-bond acceptors (Lipinski definition) is 8. The van der Waals surface area contributed by atoms with Crippen molar-refractivity contribution >= 4 is 53.6 Å². The molecule has 2 atom stereocenters. The SMILES string of the molecule is C[C@@H](O)c1nc2cnc(Cl)cc2n1C1CCC(CC#N)CC1.C[C@@H](O[Si](C)(C)C(C)(C)C)c1nc2cnc(Cl)cc2n1C1CCC(CC#N)CC1. The fourth-order valence-electron chi connectivity index (χ4n) is 7.48. The topological polar surface area (TPSA) is 138 Å². The van der Waals surface area contributed by atoms with Crippen molar-refractivity contribution in [3.05, 3.63) is 46.5 Å². The monoisotopic (exact) mass is 750 g/mol. The zero-order valence-electron chi connectivity index (χ0n) is 31.0. The normalized spacial score (nSPS) is 22.5. The second-order valence-corrected chi connectivity index (χ2v) is 21.5. The van der Waals surface area contributed by atoms with Gasteiger partial charge in [-0.15, -0.1) is 0 Å². The van der Waals surface area contributed by atoms with Gasteiger partial charge in [-0.25, -0.2) is 19.9 Å². The minimum atomic E-state index is -1.94. The van der Waals surface area contributed by atoms with Crippen LogP contribution in [0.25, 0.3) is 22.1 Å². The van der Waals surface area contributed by atoms with Crippen LogP contribution in [0.4, 0.5) is 0 Å². The third-order valence-corrected chi connectivity index (χ3v) is 16.2. The third kappa shape index (κ3) is 8.94. The van der Waals surface area contributed by atoms with Gasteiger partial charge in [0.25, 0.3) is 0 Å². The number of halogens is 2. The fraction of sp³-hybridized carbons (Fsp3) is 0.632. The minimum absolute atomic E-state index is 0.0982. The number of pyridine rings is 2. The summed E-state index contributed by atoms with van der Waals surface area (Å²) in [4.78, 5) is 17.8. The zero-order valence-corrected chi connectivity index (χ0v) is 33.5. The van der Waals surface area contributed by atoms with E-state index in [4.69, 9.17) is 43.1 Å². The molecule has 0 aliphatic heterocycles. The lowest BCUT2D eigenvalue weighted by Crippen LogP contribution is -2.41. The summed E-state index contributed by atoms with van der Waals surface area (Å²) in [5, 5.41) is 29.0. The molecule has 13 heteroatoms. The largest absolute Gasteiger partial charge is 0.407 e. The van der Waals surface area contributed by atoms with Crippen LogP contribution in [0.5, 0.6) is 0 Å². The molecule has 4 heterocycles. The first-order valence-corrected chi connectivity index (χ1v) is 22.0. The molecule has 0 spiro atoms. The highest BCUT2D eigenvalue weighted by Crippen LogP contribution is 2.43. The number of nitrogens with zero attached hydrogens (tertiary/aromatic N) is 8. The van der Waals surface area contributed by atoms with Gasteiger partial charge >= 0.3 is 0 Å². The fourth-order valence-corrected chi connectivity index (χ4v) is 9.13. The summed E-state index contributed by atoms with van der Waals surface area (Å²) >= 11 is 12.3. The maximum Gasteiger partial charge on any atom is 0.193 e. The summed E-state index contributed by atoms with van der Waals surface area (Å²) in [6.07, 6.45) is 12.3. The van der Waals surface area contributed by atoms with Crippen molar-refractivity contribution in [2.24, 2.45) is 11.8 Å². The molecule has 4 aromatic heterocycles. The van der Waals surface area contributed by atoms with Gasteiger partial charge < -0.3 is 18.7 Å². The first kappa shape index (κ1) is 39.2. The first-order valence-electron chi connectivity index (χ1n) is 18.3. The van der Waals surface area contributed by atoms with E-state index < -0.39 is 14.4 Å². The third-order valence-electron chi connectivity index (χ3n) is 11.3. The predicted octanol–water partition coefficient (Wildman–Crippen LogP) is 10.6. The lowest BCUT2D eigenvalue weighted by molar-refractivity contribution is 0.175. The Morgan fingerprint density at radius 3 is 1.61 bits per heavy atom. The number of aliphatic hydroxyl groups is 1. The van der Waals surface area contributed by atoms with Crippen LogP contribution in [-0.2, 0) is 4.43 Å². The Kier molecular flexibility index (Phi) is 12.5. The van der Waals surface area contributed by atoms with Crippen LogP contribution in [-0.4, -0.2) is 42.5 Å². The van der Waals surface area contributed by atoms with Gasteiger partial charge in [0.05, 0.1) is 35.6 Å². The molecule has 2 aliphatic rings. The van der Waals surface area contributed by atoms with E-state index in [9.17, 15) is 5.11 Å². The molecule has 2 fully saturated rings. The van der Waals surface area contributed by atoms with E-state index in [1.165, 1.54) is 0 Å². The van der Waals surface area contributed by atoms with E-state index in [1.54, 1.807) is 19.3 Å². The zero-order chi connectivity index (χ0) is 37.1. The number of imidazole rings is 2. The van der Waals surface area contributed by atoms with Gasteiger partial charge in [0.2, 0.25) is 0 Å². The Morgan fingerprint density at radius 1 is 0.804 bits per heavy atom. The molecule has 0 radical (unpaired) electrons. The molecule has 0 unspecified atom stereocenters. The molecule has 274 valence electrons. The molecule has 2 aliphatic carbocycles. The Morgan fingerprint density at radius 2 is 1.22 bits per heavy atom.